The van der Waals surface area contributed by atoms with Crippen molar-refractivity contribution in [2.75, 3.05) is 19.3 Å². The van der Waals surface area contributed by atoms with Gasteiger partial charge >= 0.3 is 0 Å². The summed E-state index contributed by atoms with van der Waals surface area (Å²) >= 11 is 0. The van der Waals surface area contributed by atoms with E-state index in [4.69, 9.17) is 4.55 Å². The van der Waals surface area contributed by atoms with Crippen LogP contribution in [0.25, 0.3) is 11.3 Å². The van der Waals surface area contributed by atoms with Crippen molar-refractivity contribution in [1.29, 1.82) is 0 Å². The summed E-state index contributed by atoms with van der Waals surface area (Å²) in [4.78, 5) is 17.9. The maximum atomic E-state index is 13.5. The number of pyridine rings is 1. The molecule has 0 amide bonds. The number of hydrogen-bond acceptors (Lipinski definition) is 4. The van der Waals surface area contributed by atoms with Crippen LogP contribution >= 0.6 is 0 Å². The average Bonchev–Trinajstić information content (AvgIpc) is 3.25. The molecule has 2 aliphatic carbocycles. The van der Waals surface area contributed by atoms with Gasteiger partial charge in [-0.1, -0.05) is 18.2 Å². The Hall–Kier alpha value is -2.03. The normalized spacial score (nSPS) is 20.2. The third-order valence-electron chi connectivity index (χ3n) is 6.15. The molecule has 2 aromatic rings. The van der Waals surface area contributed by atoms with Crippen LogP contribution in [0, 0.1) is 0 Å². The second-order valence-electron chi connectivity index (χ2n) is 8.45. The number of benzene rings is 1. The summed E-state index contributed by atoms with van der Waals surface area (Å²) in [5.41, 5.74) is 8.58. The van der Waals surface area contributed by atoms with E-state index in [1.807, 2.05) is 0 Å². The van der Waals surface area contributed by atoms with Crippen molar-refractivity contribution in [2.45, 2.75) is 51.2 Å². The number of H-pyrrole nitrogens is 1. The zero-order chi connectivity index (χ0) is 21.5. The van der Waals surface area contributed by atoms with Crippen LogP contribution in [-0.4, -0.2) is 48.4 Å². The van der Waals surface area contributed by atoms with Gasteiger partial charge < -0.3 is 4.98 Å². The minimum absolute atomic E-state index is 0.103. The molecule has 1 saturated heterocycles. The van der Waals surface area contributed by atoms with Crippen LogP contribution < -0.4 is 5.56 Å². The molecule has 0 spiro atoms. The molecular weight excluding hydrogens is 407 g/mol. The summed E-state index contributed by atoms with van der Waals surface area (Å²) in [6.45, 7) is 2.19. The van der Waals surface area contributed by atoms with Crippen LogP contribution in [0.2, 0.25) is 0 Å². The van der Waals surface area contributed by atoms with Crippen molar-refractivity contribution in [3.05, 3.63) is 56.4 Å². The fourth-order valence-electron chi connectivity index (χ4n) is 4.90. The highest BCUT2D eigenvalue weighted by Gasteiger charge is 2.29. The van der Waals surface area contributed by atoms with Crippen LogP contribution in [0.5, 0.6) is 0 Å². The standard InChI is InChI=1S/C21H23FN2O.CH4O3S/c22-14-8-9-24(12-14)11-13-4-3-7-16-18(13)10-19-15-5-1-2-6-17(15)21(25)23-20(16)19;1-5(2,3)4/h3-4,7,14H,1-2,5-6,8-12H2,(H,23,25);1H3,(H,2,3,4)/t14-;/m1./s1. The molecular formula is C22H27FN2O4S. The van der Waals surface area contributed by atoms with Crippen LogP contribution in [0.1, 0.15) is 47.1 Å². The van der Waals surface area contributed by atoms with E-state index in [1.165, 1.54) is 34.2 Å². The Kier molecular flexibility index (Phi) is 5.83. The minimum Gasteiger partial charge on any atom is -0.321 e. The van der Waals surface area contributed by atoms with E-state index in [1.54, 1.807) is 0 Å². The lowest BCUT2D eigenvalue weighted by Gasteiger charge is -2.18. The predicted octanol–water partition coefficient (Wildman–Crippen LogP) is 2.87. The molecule has 1 aromatic heterocycles. The highest BCUT2D eigenvalue weighted by atomic mass is 32.2. The first kappa shape index (κ1) is 21.2. The fourth-order valence-corrected chi connectivity index (χ4v) is 4.90. The van der Waals surface area contributed by atoms with Crippen molar-refractivity contribution < 1.29 is 17.4 Å². The number of alkyl halides is 1. The monoisotopic (exact) mass is 434 g/mol. The molecule has 162 valence electrons. The van der Waals surface area contributed by atoms with Gasteiger partial charge in [0.25, 0.3) is 15.7 Å². The van der Waals surface area contributed by atoms with Gasteiger partial charge in [0.1, 0.15) is 6.17 Å². The Morgan fingerprint density at radius 2 is 1.87 bits per heavy atom. The average molecular weight is 435 g/mol. The van der Waals surface area contributed by atoms with Crippen molar-refractivity contribution in [2.24, 2.45) is 0 Å². The quantitative estimate of drug-likeness (QED) is 0.606. The molecule has 30 heavy (non-hydrogen) atoms. The Morgan fingerprint density at radius 1 is 1.17 bits per heavy atom. The zero-order valence-electron chi connectivity index (χ0n) is 17.1. The molecule has 2 heterocycles. The number of likely N-dealkylation sites (tertiary alicyclic amines) is 1. The van der Waals surface area contributed by atoms with Crippen molar-refractivity contribution in [1.82, 2.24) is 9.88 Å². The van der Waals surface area contributed by atoms with Gasteiger partial charge in [-0.05, 0) is 54.4 Å². The van der Waals surface area contributed by atoms with Crippen LogP contribution in [0.4, 0.5) is 4.39 Å². The molecule has 0 bridgehead atoms. The second-order valence-corrected chi connectivity index (χ2v) is 9.91. The Bertz CT molecular complexity index is 1120. The Morgan fingerprint density at radius 3 is 2.53 bits per heavy atom. The summed E-state index contributed by atoms with van der Waals surface area (Å²) < 4.78 is 39.4. The molecule has 0 unspecified atom stereocenters. The maximum Gasteiger partial charge on any atom is 0.261 e. The predicted molar refractivity (Wildman–Crippen MR) is 114 cm³/mol. The summed E-state index contributed by atoms with van der Waals surface area (Å²) in [7, 11) is -3.67. The van der Waals surface area contributed by atoms with Gasteiger partial charge in [-0.25, -0.2) is 4.39 Å². The number of rotatable bonds is 2. The fraction of sp³-hybridized carbons (Fsp3) is 0.500. The molecule has 1 atom stereocenters. The van der Waals surface area contributed by atoms with E-state index in [9.17, 15) is 17.6 Å². The zero-order valence-corrected chi connectivity index (χ0v) is 17.9. The summed E-state index contributed by atoms with van der Waals surface area (Å²) in [5, 5.41) is 0. The summed E-state index contributed by atoms with van der Waals surface area (Å²) in [6.07, 6.45) is 5.82. The van der Waals surface area contributed by atoms with E-state index < -0.39 is 16.3 Å². The van der Waals surface area contributed by atoms with Gasteiger partial charge in [0.2, 0.25) is 0 Å². The number of nitrogens with zero attached hydrogens (tertiary/aromatic N) is 1. The van der Waals surface area contributed by atoms with Crippen LogP contribution in [-0.2, 0) is 35.9 Å². The number of aromatic nitrogens is 1. The molecule has 0 radical (unpaired) electrons. The van der Waals surface area contributed by atoms with Crippen molar-refractivity contribution in [3.8, 4) is 11.3 Å². The largest absolute Gasteiger partial charge is 0.321 e. The second kappa shape index (κ2) is 8.24. The third-order valence-corrected chi connectivity index (χ3v) is 6.15. The number of halogens is 1. The Labute approximate surface area is 175 Å². The van der Waals surface area contributed by atoms with Crippen LogP contribution in [0.15, 0.2) is 23.0 Å². The first-order chi connectivity index (χ1) is 14.2. The number of fused-ring (bicyclic) bond motifs is 5. The van der Waals surface area contributed by atoms with Crippen molar-refractivity contribution in [3.63, 3.8) is 0 Å². The lowest BCUT2D eigenvalue weighted by atomic mass is 9.88. The highest BCUT2D eigenvalue weighted by Crippen LogP contribution is 2.40. The van der Waals surface area contributed by atoms with E-state index >= 15 is 0 Å². The van der Waals surface area contributed by atoms with Gasteiger partial charge in [-0.3, -0.25) is 14.2 Å². The van der Waals surface area contributed by atoms with Gasteiger partial charge in [0.15, 0.2) is 0 Å². The molecule has 1 aromatic carbocycles. The van der Waals surface area contributed by atoms with E-state index in [0.717, 1.165) is 50.0 Å². The molecule has 5 rings (SSSR count). The topological polar surface area (TPSA) is 90.5 Å². The van der Waals surface area contributed by atoms with E-state index in [-0.39, 0.29) is 5.56 Å². The first-order valence-corrected chi connectivity index (χ1v) is 12.2. The molecule has 3 aliphatic rings. The molecule has 1 fully saturated rings. The highest BCUT2D eigenvalue weighted by molar-refractivity contribution is 7.85. The SMILES string of the molecule is CS(=O)(=O)O.O=c1[nH]c2c(c3c1CCCC3)Cc1c(CN3CC[C@@H](F)C3)cccc1-2. The molecule has 2 N–H and O–H groups in total. The molecule has 6 nitrogen and oxygen atoms in total. The van der Waals surface area contributed by atoms with E-state index in [2.05, 4.69) is 28.1 Å². The summed E-state index contributed by atoms with van der Waals surface area (Å²) in [5.74, 6) is 0. The van der Waals surface area contributed by atoms with Gasteiger partial charge in [0.05, 0.1) is 11.9 Å². The first-order valence-electron chi connectivity index (χ1n) is 10.4. The lowest BCUT2D eigenvalue weighted by Crippen LogP contribution is -2.21. The Balaban J connectivity index is 0.000000393. The van der Waals surface area contributed by atoms with E-state index in [0.29, 0.717) is 19.2 Å². The molecule has 8 heteroatoms. The maximum absolute atomic E-state index is 13.5. The van der Waals surface area contributed by atoms with Crippen LogP contribution in [0.3, 0.4) is 0 Å². The molecule has 1 aliphatic heterocycles. The smallest absolute Gasteiger partial charge is 0.261 e. The van der Waals surface area contributed by atoms with Crippen molar-refractivity contribution >= 4 is 10.1 Å². The number of hydrogen-bond donors (Lipinski definition) is 2. The number of nitrogens with one attached hydrogen (secondary N) is 1. The molecule has 0 saturated carbocycles. The van der Waals surface area contributed by atoms with Gasteiger partial charge in [0, 0.05) is 37.2 Å². The minimum atomic E-state index is -3.67. The third kappa shape index (κ3) is 4.50. The lowest BCUT2D eigenvalue weighted by molar-refractivity contribution is 0.282. The number of aromatic amines is 1. The summed E-state index contributed by atoms with van der Waals surface area (Å²) in [6, 6.07) is 6.36. The van der Waals surface area contributed by atoms with Gasteiger partial charge in [-0.2, -0.15) is 8.42 Å². The van der Waals surface area contributed by atoms with Gasteiger partial charge in [-0.15, -0.1) is 0 Å².